The molecule has 0 bridgehead atoms. The summed E-state index contributed by atoms with van der Waals surface area (Å²) in [6.45, 7) is 5.62. The van der Waals surface area contributed by atoms with Gasteiger partial charge in [0.2, 0.25) is 0 Å². The SMILES string of the molecule is CCn1ncc(C)c1CNc1cnc2[nH]c(C(=O)OC)cc2c1. The van der Waals surface area contributed by atoms with E-state index in [2.05, 4.69) is 27.3 Å². The molecule has 0 spiro atoms. The van der Waals surface area contributed by atoms with Gasteiger partial charge < -0.3 is 15.0 Å². The second kappa shape index (κ2) is 6.12. The molecular formula is C16H19N5O2. The number of ether oxygens (including phenoxy) is 1. The molecule has 0 saturated carbocycles. The fraction of sp³-hybridized carbons (Fsp3) is 0.312. The number of aromatic nitrogens is 4. The van der Waals surface area contributed by atoms with Crippen LogP contribution in [0.3, 0.4) is 0 Å². The first kappa shape index (κ1) is 15.1. The highest BCUT2D eigenvalue weighted by molar-refractivity contribution is 5.94. The van der Waals surface area contributed by atoms with Gasteiger partial charge in [-0.1, -0.05) is 0 Å². The number of hydrogen-bond acceptors (Lipinski definition) is 5. The van der Waals surface area contributed by atoms with E-state index < -0.39 is 5.97 Å². The summed E-state index contributed by atoms with van der Waals surface area (Å²) >= 11 is 0. The minimum Gasteiger partial charge on any atom is -0.464 e. The Morgan fingerprint density at radius 3 is 2.96 bits per heavy atom. The second-order valence-corrected chi connectivity index (χ2v) is 5.28. The van der Waals surface area contributed by atoms with E-state index in [0.717, 1.165) is 28.9 Å². The molecule has 23 heavy (non-hydrogen) atoms. The smallest absolute Gasteiger partial charge is 0.354 e. The third kappa shape index (κ3) is 2.90. The quantitative estimate of drug-likeness (QED) is 0.707. The highest BCUT2D eigenvalue weighted by atomic mass is 16.5. The van der Waals surface area contributed by atoms with Crippen LogP contribution in [-0.4, -0.2) is 32.8 Å². The van der Waals surface area contributed by atoms with Crippen LogP contribution in [0.5, 0.6) is 0 Å². The van der Waals surface area contributed by atoms with Crippen molar-refractivity contribution >= 4 is 22.7 Å². The Balaban J connectivity index is 1.80. The van der Waals surface area contributed by atoms with Crippen molar-refractivity contribution in [1.82, 2.24) is 19.7 Å². The molecule has 0 aliphatic rings. The zero-order valence-corrected chi connectivity index (χ0v) is 13.4. The predicted molar refractivity (Wildman–Crippen MR) is 87.4 cm³/mol. The standard InChI is InChI=1S/C16H19N5O2/c1-4-21-14(10(2)7-19-21)9-17-12-5-11-6-13(16(22)23-3)20-15(11)18-8-12/h5-8,17H,4,9H2,1-3H3,(H,18,20). The zero-order valence-electron chi connectivity index (χ0n) is 13.4. The Morgan fingerprint density at radius 1 is 1.39 bits per heavy atom. The zero-order chi connectivity index (χ0) is 16.4. The van der Waals surface area contributed by atoms with Crippen LogP contribution in [0.15, 0.2) is 24.5 Å². The summed E-state index contributed by atoms with van der Waals surface area (Å²) in [5.74, 6) is -0.403. The fourth-order valence-corrected chi connectivity index (χ4v) is 2.53. The Hall–Kier alpha value is -2.83. The monoisotopic (exact) mass is 313 g/mol. The average molecular weight is 313 g/mol. The van der Waals surface area contributed by atoms with E-state index in [9.17, 15) is 4.79 Å². The van der Waals surface area contributed by atoms with Gasteiger partial charge >= 0.3 is 5.97 Å². The first-order valence-electron chi connectivity index (χ1n) is 7.44. The maximum absolute atomic E-state index is 11.6. The van der Waals surface area contributed by atoms with Gasteiger partial charge in [-0.2, -0.15) is 5.10 Å². The molecule has 0 aliphatic heterocycles. The summed E-state index contributed by atoms with van der Waals surface area (Å²) in [5, 5.41) is 8.54. The highest BCUT2D eigenvalue weighted by Gasteiger charge is 2.11. The Morgan fingerprint density at radius 2 is 2.22 bits per heavy atom. The number of fused-ring (bicyclic) bond motifs is 1. The van der Waals surface area contributed by atoms with Crippen LogP contribution >= 0.6 is 0 Å². The summed E-state index contributed by atoms with van der Waals surface area (Å²) in [6, 6.07) is 3.69. The van der Waals surface area contributed by atoms with Crippen molar-refractivity contribution < 1.29 is 9.53 Å². The van der Waals surface area contributed by atoms with E-state index in [1.54, 1.807) is 12.3 Å². The summed E-state index contributed by atoms with van der Waals surface area (Å²) in [5.41, 5.74) is 4.24. The third-order valence-electron chi connectivity index (χ3n) is 3.79. The first-order valence-corrected chi connectivity index (χ1v) is 7.44. The number of carbonyl (C=O) groups is 1. The van der Waals surface area contributed by atoms with Crippen LogP contribution in [0.4, 0.5) is 5.69 Å². The van der Waals surface area contributed by atoms with Crippen LogP contribution in [0.1, 0.15) is 28.7 Å². The molecule has 0 fully saturated rings. The number of hydrogen-bond donors (Lipinski definition) is 2. The molecular weight excluding hydrogens is 294 g/mol. The van der Waals surface area contributed by atoms with Crippen LogP contribution in [0, 0.1) is 6.92 Å². The molecule has 120 valence electrons. The molecule has 0 amide bonds. The van der Waals surface area contributed by atoms with Gasteiger partial charge in [-0.25, -0.2) is 9.78 Å². The number of aromatic amines is 1. The molecule has 3 rings (SSSR count). The lowest BCUT2D eigenvalue weighted by Crippen LogP contribution is -2.09. The molecule has 7 heteroatoms. The van der Waals surface area contributed by atoms with Crippen molar-refractivity contribution in [2.75, 3.05) is 12.4 Å². The van der Waals surface area contributed by atoms with Gasteiger partial charge in [0.05, 0.1) is 37.4 Å². The number of methoxy groups -OCH3 is 1. The van der Waals surface area contributed by atoms with Crippen molar-refractivity contribution in [3.63, 3.8) is 0 Å². The largest absolute Gasteiger partial charge is 0.464 e. The van der Waals surface area contributed by atoms with Gasteiger partial charge in [-0.05, 0) is 31.5 Å². The number of anilines is 1. The second-order valence-electron chi connectivity index (χ2n) is 5.28. The van der Waals surface area contributed by atoms with E-state index in [1.807, 2.05) is 23.9 Å². The summed E-state index contributed by atoms with van der Waals surface area (Å²) < 4.78 is 6.68. The van der Waals surface area contributed by atoms with E-state index in [-0.39, 0.29) is 0 Å². The van der Waals surface area contributed by atoms with Crippen molar-refractivity contribution in [2.45, 2.75) is 26.9 Å². The number of nitrogens with one attached hydrogen (secondary N) is 2. The minimum absolute atomic E-state index is 0.395. The lowest BCUT2D eigenvalue weighted by atomic mass is 10.2. The number of H-pyrrole nitrogens is 1. The molecule has 0 atom stereocenters. The van der Waals surface area contributed by atoms with Crippen LogP contribution in [-0.2, 0) is 17.8 Å². The molecule has 3 aromatic rings. The maximum atomic E-state index is 11.6. The summed E-state index contributed by atoms with van der Waals surface area (Å²) in [6.07, 6.45) is 3.61. The van der Waals surface area contributed by atoms with Gasteiger partial charge in [0, 0.05) is 11.9 Å². The lowest BCUT2D eigenvalue weighted by Gasteiger charge is -2.09. The molecule has 0 aliphatic carbocycles. The van der Waals surface area contributed by atoms with Gasteiger partial charge in [-0.15, -0.1) is 0 Å². The lowest BCUT2D eigenvalue weighted by molar-refractivity contribution is 0.0595. The average Bonchev–Trinajstić information content (AvgIpc) is 3.14. The van der Waals surface area contributed by atoms with Crippen molar-refractivity contribution in [3.05, 3.63) is 41.5 Å². The number of pyridine rings is 1. The van der Waals surface area contributed by atoms with Crippen LogP contribution in [0.25, 0.3) is 11.0 Å². The van der Waals surface area contributed by atoms with E-state index in [4.69, 9.17) is 4.74 Å². The molecule has 0 unspecified atom stereocenters. The molecule has 0 saturated heterocycles. The summed E-state index contributed by atoms with van der Waals surface area (Å²) in [7, 11) is 1.35. The van der Waals surface area contributed by atoms with E-state index in [1.165, 1.54) is 7.11 Å². The van der Waals surface area contributed by atoms with Crippen molar-refractivity contribution in [1.29, 1.82) is 0 Å². The van der Waals surface area contributed by atoms with Crippen LogP contribution in [0.2, 0.25) is 0 Å². The van der Waals surface area contributed by atoms with Crippen LogP contribution < -0.4 is 5.32 Å². The first-order chi connectivity index (χ1) is 11.1. The van der Waals surface area contributed by atoms with Crippen molar-refractivity contribution in [2.24, 2.45) is 0 Å². The molecule has 3 aromatic heterocycles. The number of carbonyl (C=O) groups excluding carboxylic acids is 1. The number of rotatable bonds is 5. The van der Waals surface area contributed by atoms with Gasteiger partial charge in [0.15, 0.2) is 0 Å². The summed E-state index contributed by atoms with van der Waals surface area (Å²) in [4.78, 5) is 18.8. The Labute approximate surface area is 133 Å². The van der Waals surface area contributed by atoms with Gasteiger partial charge in [0.1, 0.15) is 11.3 Å². The van der Waals surface area contributed by atoms with Gasteiger partial charge in [-0.3, -0.25) is 4.68 Å². The molecule has 0 radical (unpaired) electrons. The number of nitrogens with zero attached hydrogens (tertiary/aromatic N) is 3. The number of aryl methyl sites for hydroxylation is 2. The maximum Gasteiger partial charge on any atom is 0.354 e. The number of esters is 1. The van der Waals surface area contributed by atoms with E-state index >= 15 is 0 Å². The van der Waals surface area contributed by atoms with Gasteiger partial charge in [0.25, 0.3) is 0 Å². The molecule has 0 aromatic carbocycles. The Kier molecular flexibility index (Phi) is 4.01. The molecule has 7 nitrogen and oxygen atoms in total. The minimum atomic E-state index is -0.403. The van der Waals surface area contributed by atoms with E-state index in [0.29, 0.717) is 17.9 Å². The topological polar surface area (TPSA) is 84.8 Å². The molecule has 3 heterocycles. The third-order valence-corrected chi connectivity index (χ3v) is 3.79. The highest BCUT2D eigenvalue weighted by Crippen LogP contribution is 2.19. The Bertz CT molecular complexity index is 849. The predicted octanol–water partition coefficient (Wildman–Crippen LogP) is 2.49. The van der Waals surface area contributed by atoms with Crippen molar-refractivity contribution in [3.8, 4) is 0 Å². The fourth-order valence-electron chi connectivity index (χ4n) is 2.53. The normalized spacial score (nSPS) is 10.9. The molecule has 2 N–H and O–H groups in total.